The molecule has 3 unspecified atom stereocenters. The Morgan fingerprint density at radius 3 is 2.35 bits per heavy atom. The van der Waals surface area contributed by atoms with Crippen molar-refractivity contribution in [1.29, 1.82) is 0 Å². The van der Waals surface area contributed by atoms with Crippen LogP contribution in [0, 0.1) is 35.8 Å². The van der Waals surface area contributed by atoms with Gasteiger partial charge in [0.25, 0.3) is 5.91 Å². The number of nitrogens with one attached hydrogen (secondary N) is 2. The van der Waals surface area contributed by atoms with Gasteiger partial charge in [-0.3, -0.25) is 29.6 Å². The average molecular weight is 1030 g/mol. The van der Waals surface area contributed by atoms with E-state index in [1.165, 1.54) is 30.5 Å². The van der Waals surface area contributed by atoms with E-state index in [0.29, 0.717) is 98.9 Å². The zero-order chi connectivity index (χ0) is 51.5. The summed E-state index contributed by atoms with van der Waals surface area (Å²) in [6, 6.07) is 11.4. The standard InChI is InChI=1S/C57H63F3N10O5/c1-2-42-46(58)8-3-36-26-41(71)27-44(49(36)42)51-50(59)52-45(29-61-51)53(69-32-38-4-5-39(33-69)62-38)65-56(64-52)75-24-23-66-21-15-57(60,16-22-66)28-34-11-17-67(18-12-34)30-35-13-19-68(20-14-35)40-6-7-43-37(25-40)31-70(55(43)74)47-9-10-48(72)63-54(47)73/h1,3,6-8,25-27,29,34-35,38-39,47,62,71H,4-5,9-24,28,30-33H2,(H,63,72,73). The number of amides is 3. The van der Waals surface area contributed by atoms with Gasteiger partial charge in [0.1, 0.15) is 46.9 Å². The van der Waals surface area contributed by atoms with E-state index >= 15 is 13.2 Å². The summed E-state index contributed by atoms with van der Waals surface area (Å²) in [5.74, 6) is 1.46. The predicted molar refractivity (Wildman–Crippen MR) is 278 cm³/mol. The number of halogens is 3. The summed E-state index contributed by atoms with van der Waals surface area (Å²) in [6.07, 6.45) is 15.6. The van der Waals surface area contributed by atoms with E-state index in [9.17, 15) is 19.5 Å². The van der Waals surface area contributed by atoms with E-state index in [1.54, 1.807) is 4.90 Å². The molecule has 7 aliphatic rings. The molecule has 12 rings (SSSR count). The molecule has 5 aromatic rings. The Bertz CT molecular complexity index is 3100. The van der Waals surface area contributed by atoms with Crippen LogP contribution in [0.3, 0.4) is 0 Å². The number of nitrogens with zero attached hydrogens (tertiary/aromatic N) is 8. The number of anilines is 2. The number of ether oxygens (including phenoxy) is 1. The van der Waals surface area contributed by atoms with Gasteiger partial charge in [-0.15, -0.1) is 6.42 Å². The van der Waals surface area contributed by atoms with Crippen LogP contribution in [-0.2, 0) is 16.1 Å². The number of hydrogen-bond acceptors (Lipinski definition) is 13. The highest BCUT2D eigenvalue weighted by atomic mass is 19.1. The Morgan fingerprint density at radius 1 is 0.840 bits per heavy atom. The van der Waals surface area contributed by atoms with Gasteiger partial charge in [0.05, 0.1) is 10.9 Å². The molecule has 3 N–H and O–H groups in total. The number of aromatic hydroxyl groups is 1. The first-order valence-corrected chi connectivity index (χ1v) is 26.9. The second-order valence-corrected chi connectivity index (χ2v) is 22.2. The fourth-order valence-corrected chi connectivity index (χ4v) is 13.3. The van der Waals surface area contributed by atoms with E-state index in [0.717, 1.165) is 82.5 Å². The first kappa shape index (κ1) is 49.3. The Morgan fingerprint density at radius 2 is 1.60 bits per heavy atom. The Labute approximate surface area is 434 Å². The fraction of sp³-hybridized carbons (Fsp3) is 0.509. The maximum absolute atomic E-state index is 17.0. The number of rotatable bonds is 12. The van der Waals surface area contributed by atoms with Gasteiger partial charge in [-0.1, -0.05) is 12.0 Å². The number of phenols is 1. The molecule has 3 aromatic carbocycles. The molecule has 0 saturated carbocycles. The quantitative estimate of drug-likeness (QED) is 0.0895. The van der Waals surface area contributed by atoms with Crippen LogP contribution in [0.1, 0.15) is 92.1 Å². The largest absolute Gasteiger partial charge is 0.508 e. The summed E-state index contributed by atoms with van der Waals surface area (Å²) >= 11 is 0. The summed E-state index contributed by atoms with van der Waals surface area (Å²) in [5, 5.41) is 17.8. The number of imide groups is 1. The maximum Gasteiger partial charge on any atom is 0.319 e. The first-order valence-electron chi connectivity index (χ1n) is 26.9. The van der Waals surface area contributed by atoms with Gasteiger partial charge in [-0.05, 0) is 136 Å². The summed E-state index contributed by atoms with van der Waals surface area (Å²) in [4.78, 5) is 62.3. The minimum atomic E-state index is -1.21. The lowest BCUT2D eigenvalue weighted by molar-refractivity contribution is -0.136. The molecule has 18 heteroatoms. The van der Waals surface area contributed by atoms with E-state index in [-0.39, 0.29) is 76.4 Å². The van der Waals surface area contributed by atoms with Crippen LogP contribution in [0.4, 0.5) is 24.7 Å². The van der Waals surface area contributed by atoms with Gasteiger partial charge in [0, 0.05) is 106 Å². The zero-order valence-corrected chi connectivity index (χ0v) is 42.1. The first-order chi connectivity index (χ1) is 36.3. The van der Waals surface area contributed by atoms with Gasteiger partial charge >= 0.3 is 6.01 Å². The maximum atomic E-state index is 17.0. The number of alkyl halides is 1. The molecule has 6 fully saturated rings. The monoisotopic (exact) mass is 1020 g/mol. The molecular formula is C57H63F3N10O5. The van der Waals surface area contributed by atoms with Crippen LogP contribution >= 0.6 is 0 Å². The number of carbonyl (C=O) groups is 3. The van der Waals surface area contributed by atoms with E-state index in [4.69, 9.17) is 16.1 Å². The molecular weight excluding hydrogens is 962 g/mol. The number of fused-ring (bicyclic) bond motifs is 5. The number of benzene rings is 3. The highest BCUT2D eigenvalue weighted by Crippen LogP contribution is 2.41. The molecule has 9 heterocycles. The molecule has 75 heavy (non-hydrogen) atoms. The van der Waals surface area contributed by atoms with Crippen molar-refractivity contribution in [1.82, 2.24) is 40.3 Å². The lowest BCUT2D eigenvalue weighted by Gasteiger charge is -2.41. The number of pyridine rings is 1. The third kappa shape index (κ3) is 9.83. The topological polar surface area (TPSA) is 160 Å². The molecule has 6 saturated heterocycles. The molecule has 0 aliphatic carbocycles. The van der Waals surface area contributed by atoms with Gasteiger partial charge < -0.3 is 34.8 Å². The van der Waals surface area contributed by atoms with Crippen molar-refractivity contribution in [3.05, 3.63) is 77.0 Å². The Kier molecular flexibility index (Phi) is 13.3. The lowest BCUT2D eigenvalue weighted by Crippen LogP contribution is -2.52. The smallest absolute Gasteiger partial charge is 0.319 e. The molecule has 3 amide bonds. The van der Waals surface area contributed by atoms with Crippen LogP contribution in [-0.4, -0.2) is 148 Å². The van der Waals surface area contributed by atoms with Gasteiger partial charge in [0.15, 0.2) is 5.82 Å². The van der Waals surface area contributed by atoms with Crippen LogP contribution in [0.2, 0.25) is 0 Å². The number of piperidine rings is 4. The lowest BCUT2D eigenvalue weighted by atomic mass is 9.80. The number of terminal acetylenes is 1. The highest BCUT2D eigenvalue weighted by molar-refractivity contribution is 6.06. The minimum Gasteiger partial charge on any atom is -0.508 e. The number of aromatic nitrogens is 3. The number of carbonyl (C=O) groups excluding carboxylic acids is 3. The number of hydrogen-bond donors (Lipinski definition) is 3. The van der Waals surface area contributed by atoms with Crippen LogP contribution < -0.4 is 25.2 Å². The number of piperazine rings is 1. The molecule has 392 valence electrons. The summed E-state index contributed by atoms with van der Waals surface area (Å²) in [5.41, 5.74) is 1.39. The third-order valence-corrected chi connectivity index (χ3v) is 17.4. The van der Waals surface area contributed by atoms with Crippen LogP contribution in [0.5, 0.6) is 11.8 Å². The Balaban J connectivity index is 0.626. The minimum absolute atomic E-state index is 0.00940. The van der Waals surface area contributed by atoms with Crippen molar-refractivity contribution in [2.45, 2.75) is 101 Å². The van der Waals surface area contributed by atoms with E-state index < -0.39 is 29.3 Å². The van der Waals surface area contributed by atoms with Crippen molar-refractivity contribution in [3.63, 3.8) is 0 Å². The number of likely N-dealkylation sites (tertiary alicyclic amines) is 2. The molecule has 0 spiro atoms. The molecule has 15 nitrogen and oxygen atoms in total. The SMILES string of the molecule is C#Cc1c(F)ccc2cc(O)cc(-c3ncc4c(N5CC6CCC(C5)N6)nc(OCCN5CCC(F)(CC6CCN(CC7CCN(c8ccc9c(c8)CN(C8CCC(=O)NC8=O)C9=O)CC7)CC6)CC5)nc4c3F)c12. The fourth-order valence-electron chi connectivity index (χ4n) is 13.3. The van der Waals surface area contributed by atoms with E-state index in [2.05, 4.69) is 52.2 Å². The van der Waals surface area contributed by atoms with Crippen LogP contribution in [0.25, 0.3) is 32.9 Å². The van der Waals surface area contributed by atoms with E-state index in [1.807, 2.05) is 12.1 Å². The number of phenolic OH excluding ortho intramolecular Hbond substituents is 1. The zero-order valence-electron chi connectivity index (χ0n) is 42.1. The molecule has 3 atom stereocenters. The normalized spacial score (nSPS) is 23.8. The van der Waals surface area contributed by atoms with Crippen molar-refractivity contribution in [2.75, 3.05) is 81.9 Å². The second kappa shape index (κ2) is 20.2. The van der Waals surface area contributed by atoms with Crippen LogP contribution in [0.15, 0.2) is 48.7 Å². The third-order valence-electron chi connectivity index (χ3n) is 17.4. The summed E-state index contributed by atoms with van der Waals surface area (Å²) < 4.78 is 54.8. The summed E-state index contributed by atoms with van der Waals surface area (Å²) in [6.45, 7) is 8.60. The Hall–Kier alpha value is -6.55. The molecule has 2 bridgehead atoms. The molecule has 2 aromatic heterocycles. The van der Waals surface area contributed by atoms with Gasteiger partial charge in [0.2, 0.25) is 11.8 Å². The molecule has 7 aliphatic heterocycles. The van der Waals surface area contributed by atoms with Crippen molar-refractivity contribution >= 4 is 50.9 Å². The molecule has 0 radical (unpaired) electrons. The highest BCUT2D eigenvalue weighted by Gasteiger charge is 2.41. The second-order valence-electron chi connectivity index (χ2n) is 22.2. The average Bonchev–Trinajstić information content (AvgIpc) is 3.92. The van der Waals surface area contributed by atoms with Gasteiger partial charge in [-0.2, -0.15) is 9.97 Å². The van der Waals surface area contributed by atoms with Crippen molar-refractivity contribution in [3.8, 4) is 35.4 Å². The predicted octanol–water partition coefficient (Wildman–Crippen LogP) is 6.71. The van der Waals surface area contributed by atoms with Crippen molar-refractivity contribution < 1.29 is 37.4 Å². The van der Waals surface area contributed by atoms with Crippen molar-refractivity contribution in [2.24, 2.45) is 11.8 Å². The summed E-state index contributed by atoms with van der Waals surface area (Å²) in [7, 11) is 0. The van der Waals surface area contributed by atoms with Gasteiger partial charge in [-0.25, -0.2) is 13.2 Å².